The molecule has 7 heteroatoms. The number of likely N-dealkylation sites (N-methyl/N-ethyl adjacent to an activating group) is 2. The minimum atomic E-state index is -0.428. The highest BCUT2D eigenvalue weighted by Crippen LogP contribution is 2.30. The predicted molar refractivity (Wildman–Crippen MR) is 105 cm³/mol. The highest BCUT2D eigenvalue weighted by atomic mass is 16.6. The number of nitrogens with zero attached hydrogens (tertiary/aromatic N) is 4. The maximum Gasteiger partial charge on any atom is 0.311 e. The van der Waals surface area contributed by atoms with Crippen LogP contribution in [0.5, 0.6) is 5.75 Å². The smallest absolute Gasteiger partial charge is 0.311 e. The summed E-state index contributed by atoms with van der Waals surface area (Å²) in [6, 6.07) is 4.97. The Hall–Kier alpha value is -1.86. The van der Waals surface area contributed by atoms with Crippen LogP contribution in [-0.4, -0.2) is 76.2 Å². The summed E-state index contributed by atoms with van der Waals surface area (Å²) in [6.45, 7) is 7.99. The summed E-state index contributed by atoms with van der Waals surface area (Å²) in [5.74, 6) is 0.294. The fourth-order valence-corrected chi connectivity index (χ4v) is 2.24. The molecule has 1 rings (SSSR count). The number of anilines is 1. The molecule has 144 valence electrons. The SMILES string of the molecule is CC.COc1cc(N(C)CCCN(C)CCN(C)C)ccc1[N+](=O)[O-]. The van der Waals surface area contributed by atoms with Crippen LogP contribution in [0, 0.1) is 10.1 Å². The van der Waals surface area contributed by atoms with Gasteiger partial charge in [0.05, 0.1) is 12.0 Å². The van der Waals surface area contributed by atoms with Crippen molar-refractivity contribution in [1.29, 1.82) is 0 Å². The zero-order valence-electron chi connectivity index (χ0n) is 16.8. The van der Waals surface area contributed by atoms with Gasteiger partial charge in [0.15, 0.2) is 5.75 Å². The summed E-state index contributed by atoms with van der Waals surface area (Å²) < 4.78 is 5.11. The maximum absolute atomic E-state index is 10.9. The topological polar surface area (TPSA) is 62.1 Å². The van der Waals surface area contributed by atoms with Crippen molar-refractivity contribution in [2.24, 2.45) is 0 Å². The summed E-state index contributed by atoms with van der Waals surface area (Å²) in [6.07, 6.45) is 1.03. The number of benzene rings is 1. The second-order valence-corrected chi connectivity index (χ2v) is 5.99. The van der Waals surface area contributed by atoms with E-state index < -0.39 is 4.92 Å². The van der Waals surface area contributed by atoms with Gasteiger partial charge in [-0.25, -0.2) is 0 Å². The monoisotopic (exact) mass is 354 g/mol. The van der Waals surface area contributed by atoms with E-state index in [1.807, 2.05) is 20.9 Å². The van der Waals surface area contributed by atoms with Crippen LogP contribution in [0.1, 0.15) is 20.3 Å². The van der Waals surface area contributed by atoms with Crippen molar-refractivity contribution in [3.63, 3.8) is 0 Å². The molecule has 0 amide bonds. The molecule has 0 aliphatic heterocycles. The van der Waals surface area contributed by atoms with Gasteiger partial charge < -0.3 is 19.4 Å². The second-order valence-electron chi connectivity index (χ2n) is 5.99. The third kappa shape index (κ3) is 8.69. The number of rotatable bonds is 10. The molecule has 0 atom stereocenters. The van der Waals surface area contributed by atoms with Crippen LogP contribution in [0.15, 0.2) is 18.2 Å². The molecule has 0 bridgehead atoms. The Morgan fingerprint density at radius 2 is 1.68 bits per heavy atom. The first kappa shape index (κ1) is 23.1. The van der Waals surface area contributed by atoms with E-state index in [0.717, 1.165) is 38.3 Å². The van der Waals surface area contributed by atoms with Crippen LogP contribution >= 0.6 is 0 Å². The molecular weight excluding hydrogens is 320 g/mol. The molecule has 0 aliphatic carbocycles. The zero-order valence-corrected chi connectivity index (χ0v) is 16.8. The first-order valence-corrected chi connectivity index (χ1v) is 8.72. The van der Waals surface area contributed by atoms with E-state index >= 15 is 0 Å². The summed E-state index contributed by atoms with van der Waals surface area (Å²) in [7, 11) is 9.71. The maximum atomic E-state index is 10.9. The lowest BCUT2D eigenvalue weighted by molar-refractivity contribution is -0.385. The molecule has 1 aromatic carbocycles. The first-order chi connectivity index (χ1) is 11.8. The average molecular weight is 354 g/mol. The number of nitro groups is 1. The van der Waals surface area contributed by atoms with Crippen molar-refractivity contribution < 1.29 is 9.66 Å². The van der Waals surface area contributed by atoms with Crippen LogP contribution in [-0.2, 0) is 0 Å². The Balaban J connectivity index is 0.00000277. The van der Waals surface area contributed by atoms with Crippen LogP contribution in [0.3, 0.4) is 0 Å². The molecule has 0 unspecified atom stereocenters. The number of methoxy groups -OCH3 is 1. The van der Waals surface area contributed by atoms with Gasteiger partial charge in [-0.2, -0.15) is 0 Å². The standard InChI is InChI=1S/C16H28N4O3.C2H6/c1-17(2)11-12-18(3)9-6-10-19(4)14-7-8-15(20(21)22)16(13-14)23-5;1-2/h7-8,13H,6,9-12H2,1-5H3;1-2H3. The Bertz CT molecular complexity index is 509. The number of hydrogen-bond donors (Lipinski definition) is 0. The molecule has 0 spiro atoms. The molecule has 25 heavy (non-hydrogen) atoms. The molecule has 0 radical (unpaired) electrons. The minimum Gasteiger partial charge on any atom is -0.490 e. The molecule has 0 N–H and O–H groups in total. The summed E-state index contributed by atoms with van der Waals surface area (Å²) in [5.41, 5.74) is 0.913. The number of hydrogen-bond acceptors (Lipinski definition) is 6. The van der Waals surface area contributed by atoms with E-state index in [0.29, 0.717) is 5.75 Å². The number of ether oxygens (including phenoxy) is 1. The van der Waals surface area contributed by atoms with Crippen molar-refractivity contribution in [3.05, 3.63) is 28.3 Å². The van der Waals surface area contributed by atoms with Crippen molar-refractivity contribution in [1.82, 2.24) is 9.80 Å². The largest absolute Gasteiger partial charge is 0.490 e. The average Bonchev–Trinajstić information content (AvgIpc) is 2.60. The second kappa shape index (κ2) is 12.5. The van der Waals surface area contributed by atoms with Crippen LogP contribution in [0.25, 0.3) is 0 Å². The molecule has 0 fully saturated rings. The van der Waals surface area contributed by atoms with Crippen molar-refractivity contribution in [2.45, 2.75) is 20.3 Å². The van der Waals surface area contributed by atoms with Gasteiger partial charge >= 0.3 is 5.69 Å². The molecule has 0 aromatic heterocycles. The van der Waals surface area contributed by atoms with Crippen molar-refractivity contribution in [3.8, 4) is 5.75 Å². The van der Waals surface area contributed by atoms with E-state index in [1.54, 1.807) is 12.1 Å². The summed E-state index contributed by atoms with van der Waals surface area (Å²) in [5, 5.41) is 10.9. The molecular formula is C18H34N4O3. The van der Waals surface area contributed by atoms with E-state index in [-0.39, 0.29) is 5.69 Å². The third-order valence-electron chi connectivity index (χ3n) is 3.76. The van der Waals surface area contributed by atoms with Crippen LogP contribution < -0.4 is 9.64 Å². The highest BCUT2D eigenvalue weighted by molar-refractivity contribution is 5.58. The Morgan fingerprint density at radius 1 is 1.04 bits per heavy atom. The third-order valence-corrected chi connectivity index (χ3v) is 3.76. The lowest BCUT2D eigenvalue weighted by Crippen LogP contribution is -2.31. The van der Waals surface area contributed by atoms with Crippen molar-refractivity contribution in [2.75, 3.05) is 66.4 Å². The quantitative estimate of drug-likeness (QED) is 0.475. The summed E-state index contributed by atoms with van der Waals surface area (Å²) >= 11 is 0. The normalized spacial score (nSPS) is 10.4. The van der Waals surface area contributed by atoms with Gasteiger partial charge in [0.25, 0.3) is 0 Å². The molecule has 1 aromatic rings. The van der Waals surface area contributed by atoms with Gasteiger partial charge in [0, 0.05) is 44.5 Å². The van der Waals surface area contributed by atoms with Crippen LogP contribution in [0.4, 0.5) is 11.4 Å². The van der Waals surface area contributed by atoms with E-state index in [4.69, 9.17) is 4.74 Å². The lowest BCUT2D eigenvalue weighted by atomic mass is 10.2. The fourth-order valence-electron chi connectivity index (χ4n) is 2.24. The minimum absolute atomic E-state index is 0.00642. The Kier molecular flexibility index (Phi) is 11.6. The molecule has 0 saturated carbocycles. The molecule has 0 aliphatic rings. The van der Waals surface area contributed by atoms with Gasteiger partial charge in [-0.05, 0) is 40.2 Å². The van der Waals surface area contributed by atoms with Gasteiger partial charge in [0.2, 0.25) is 0 Å². The van der Waals surface area contributed by atoms with Gasteiger partial charge in [-0.3, -0.25) is 10.1 Å². The van der Waals surface area contributed by atoms with E-state index in [2.05, 4.69) is 35.8 Å². The fraction of sp³-hybridized carbons (Fsp3) is 0.667. The molecule has 0 heterocycles. The predicted octanol–water partition coefficient (Wildman–Crippen LogP) is 2.95. The van der Waals surface area contributed by atoms with Gasteiger partial charge in [-0.15, -0.1) is 0 Å². The van der Waals surface area contributed by atoms with E-state index in [9.17, 15) is 10.1 Å². The van der Waals surface area contributed by atoms with Crippen LogP contribution in [0.2, 0.25) is 0 Å². The Morgan fingerprint density at radius 3 is 2.20 bits per heavy atom. The van der Waals surface area contributed by atoms with Gasteiger partial charge in [0.1, 0.15) is 0 Å². The summed E-state index contributed by atoms with van der Waals surface area (Å²) in [4.78, 5) is 17.1. The molecule has 7 nitrogen and oxygen atoms in total. The van der Waals surface area contributed by atoms with E-state index in [1.165, 1.54) is 13.2 Å². The first-order valence-electron chi connectivity index (χ1n) is 8.72. The van der Waals surface area contributed by atoms with Gasteiger partial charge in [-0.1, -0.05) is 13.8 Å². The molecule has 0 saturated heterocycles. The lowest BCUT2D eigenvalue weighted by Gasteiger charge is -2.23. The highest BCUT2D eigenvalue weighted by Gasteiger charge is 2.15. The van der Waals surface area contributed by atoms with Crippen molar-refractivity contribution >= 4 is 11.4 Å². The zero-order chi connectivity index (χ0) is 19.4. The number of nitro benzene ring substituents is 1. The Labute approximate surface area is 152 Å².